The van der Waals surface area contributed by atoms with E-state index in [1.54, 1.807) is 0 Å². The highest BCUT2D eigenvalue weighted by Gasteiger charge is 1.90. The average Bonchev–Trinajstić information content (AvgIpc) is 2.14. The number of benzene rings is 1. The number of thioether (sulfide) groups is 1. The quantitative estimate of drug-likeness (QED) is 0.518. The number of rotatable bonds is 5. The van der Waals surface area contributed by atoms with Gasteiger partial charge < -0.3 is 0 Å². The predicted octanol–water partition coefficient (Wildman–Crippen LogP) is 2.74. The lowest BCUT2D eigenvalue weighted by Crippen LogP contribution is -1.94. The van der Waals surface area contributed by atoms with E-state index in [0.717, 1.165) is 8.58 Å². The van der Waals surface area contributed by atoms with Gasteiger partial charge in [-0.05, 0) is 23.0 Å². The summed E-state index contributed by atoms with van der Waals surface area (Å²) in [6.07, 6.45) is 1.34. The second-order valence-corrected chi connectivity index (χ2v) is 5.31. The first-order valence-electron chi connectivity index (χ1n) is 4.30. The van der Waals surface area contributed by atoms with E-state index in [4.69, 9.17) is 0 Å². The Bertz CT molecular complexity index is 198. The van der Waals surface area contributed by atoms with Crippen molar-refractivity contribution in [2.45, 2.75) is 6.92 Å². The Balaban J connectivity index is 2.16. The average molecular weight is 198 g/mol. The molecule has 0 amide bonds. The Morgan fingerprint density at radius 3 is 2.67 bits per heavy atom. The van der Waals surface area contributed by atoms with Crippen LogP contribution in [0.2, 0.25) is 0 Å². The molecule has 66 valence electrons. The van der Waals surface area contributed by atoms with Crippen LogP contribution >= 0.6 is 20.3 Å². The molecule has 0 fully saturated rings. The Morgan fingerprint density at radius 1 is 1.25 bits per heavy atom. The standard InChI is InChI=1S/C10H15PS/c1-2-12-9-8-11-10-6-4-3-5-7-10/h3-7,11H,2,8-9H2,1H3. The van der Waals surface area contributed by atoms with Gasteiger partial charge in [0.2, 0.25) is 0 Å². The van der Waals surface area contributed by atoms with Gasteiger partial charge in [-0.3, -0.25) is 0 Å². The molecule has 1 unspecified atom stereocenters. The molecule has 0 aliphatic heterocycles. The molecule has 0 bridgehead atoms. The summed E-state index contributed by atoms with van der Waals surface area (Å²) in [5, 5.41) is 1.49. The molecule has 0 aromatic heterocycles. The van der Waals surface area contributed by atoms with Crippen molar-refractivity contribution < 1.29 is 0 Å². The van der Waals surface area contributed by atoms with Crippen LogP contribution in [0.3, 0.4) is 0 Å². The van der Waals surface area contributed by atoms with Gasteiger partial charge in [-0.2, -0.15) is 11.8 Å². The number of hydrogen-bond acceptors (Lipinski definition) is 1. The first-order valence-corrected chi connectivity index (χ1v) is 6.66. The van der Waals surface area contributed by atoms with Crippen molar-refractivity contribution in [2.75, 3.05) is 17.7 Å². The summed E-state index contributed by atoms with van der Waals surface area (Å²) in [4.78, 5) is 0. The Hall–Kier alpha value is 0. The van der Waals surface area contributed by atoms with Crippen LogP contribution in [0.1, 0.15) is 6.92 Å². The second kappa shape index (κ2) is 6.51. The summed E-state index contributed by atoms with van der Waals surface area (Å²) in [7, 11) is 0.993. The SMILES string of the molecule is CCSCCPc1ccccc1. The molecule has 0 saturated heterocycles. The van der Waals surface area contributed by atoms with Crippen LogP contribution in [0, 0.1) is 0 Å². The van der Waals surface area contributed by atoms with Crippen molar-refractivity contribution in [1.29, 1.82) is 0 Å². The smallest absolute Gasteiger partial charge is 0.00276 e. The van der Waals surface area contributed by atoms with Crippen molar-refractivity contribution in [2.24, 2.45) is 0 Å². The molecule has 1 atom stereocenters. The Morgan fingerprint density at radius 2 is 2.00 bits per heavy atom. The van der Waals surface area contributed by atoms with E-state index in [-0.39, 0.29) is 0 Å². The largest absolute Gasteiger partial charge is 0.162 e. The van der Waals surface area contributed by atoms with Gasteiger partial charge in [-0.25, -0.2) is 0 Å². The third kappa shape index (κ3) is 4.13. The van der Waals surface area contributed by atoms with Gasteiger partial charge in [0, 0.05) is 0 Å². The molecule has 1 aromatic rings. The van der Waals surface area contributed by atoms with Gasteiger partial charge in [0.1, 0.15) is 0 Å². The third-order valence-corrected chi connectivity index (χ3v) is 4.06. The molecule has 0 saturated carbocycles. The third-order valence-electron chi connectivity index (χ3n) is 1.55. The van der Waals surface area contributed by atoms with Gasteiger partial charge in [-0.15, -0.1) is 0 Å². The first-order chi connectivity index (χ1) is 5.93. The second-order valence-electron chi connectivity index (χ2n) is 2.49. The van der Waals surface area contributed by atoms with E-state index in [1.165, 1.54) is 23.0 Å². The molecule has 0 spiro atoms. The highest BCUT2D eigenvalue weighted by molar-refractivity contribution is 7.99. The normalized spacial score (nSPS) is 11.1. The molecule has 2 heteroatoms. The maximum Gasteiger partial charge on any atom is -0.00276 e. The van der Waals surface area contributed by atoms with Crippen molar-refractivity contribution in [1.82, 2.24) is 0 Å². The topological polar surface area (TPSA) is 0 Å². The summed E-state index contributed by atoms with van der Waals surface area (Å²) in [5.41, 5.74) is 0. The molecule has 0 N–H and O–H groups in total. The molecule has 12 heavy (non-hydrogen) atoms. The van der Waals surface area contributed by atoms with E-state index in [0.29, 0.717) is 0 Å². The first kappa shape index (κ1) is 10.1. The number of hydrogen-bond donors (Lipinski definition) is 0. The van der Waals surface area contributed by atoms with E-state index in [2.05, 4.69) is 37.3 Å². The minimum atomic E-state index is 0.993. The summed E-state index contributed by atoms with van der Waals surface area (Å²) in [6.45, 7) is 2.22. The van der Waals surface area contributed by atoms with E-state index in [1.807, 2.05) is 11.8 Å². The van der Waals surface area contributed by atoms with Crippen LogP contribution in [0.25, 0.3) is 0 Å². The predicted molar refractivity (Wildman–Crippen MR) is 62.3 cm³/mol. The highest BCUT2D eigenvalue weighted by Crippen LogP contribution is 2.12. The molecular weight excluding hydrogens is 183 g/mol. The fourth-order valence-corrected chi connectivity index (χ4v) is 2.96. The van der Waals surface area contributed by atoms with Crippen LogP contribution in [-0.2, 0) is 0 Å². The summed E-state index contributed by atoms with van der Waals surface area (Å²) in [6, 6.07) is 10.8. The van der Waals surface area contributed by atoms with Crippen LogP contribution in [0.5, 0.6) is 0 Å². The van der Waals surface area contributed by atoms with E-state index in [9.17, 15) is 0 Å². The maximum absolute atomic E-state index is 2.22. The molecule has 0 nitrogen and oxygen atoms in total. The summed E-state index contributed by atoms with van der Waals surface area (Å²) >= 11 is 2.03. The molecular formula is C10H15PS. The van der Waals surface area contributed by atoms with Crippen molar-refractivity contribution >= 4 is 25.6 Å². The van der Waals surface area contributed by atoms with E-state index < -0.39 is 0 Å². The van der Waals surface area contributed by atoms with E-state index >= 15 is 0 Å². The summed E-state index contributed by atoms with van der Waals surface area (Å²) in [5.74, 6) is 2.56. The zero-order valence-electron chi connectivity index (χ0n) is 7.42. The van der Waals surface area contributed by atoms with Crippen molar-refractivity contribution in [3.05, 3.63) is 30.3 Å². The molecule has 1 aromatic carbocycles. The molecule has 0 heterocycles. The van der Waals surface area contributed by atoms with Gasteiger partial charge in [0.05, 0.1) is 0 Å². The van der Waals surface area contributed by atoms with Crippen LogP contribution in [0.15, 0.2) is 30.3 Å². The Kier molecular flexibility index (Phi) is 5.47. The monoisotopic (exact) mass is 198 g/mol. The Labute approximate surface area is 80.9 Å². The van der Waals surface area contributed by atoms with Crippen molar-refractivity contribution in [3.8, 4) is 0 Å². The maximum atomic E-state index is 2.22. The highest BCUT2D eigenvalue weighted by atomic mass is 32.2. The lowest BCUT2D eigenvalue weighted by atomic mass is 10.4. The van der Waals surface area contributed by atoms with Crippen LogP contribution in [0.4, 0.5) is 0 Å². The van der Waals surface area contributed by atoms with Crippen LogP contribution in [-0.4, -0.2) is 17.7 Å². The minimum absolute atomic E-state index is 0.993. The minimum Gasteiger partial charge on any atom is -0.162 e. The van der Waals surface area contributed by atoms with Gasteiger partial charge in [0.25, 0.3) is 0 Å². The lowest BCUT2D eigenvalue weighted by molar-refractivity contribution is 1.47. The lowest BCUT2D eigenvalue weighted by Gasteiger charge is -1.99. The summed E-state index contributed by atoms with van der Waals surface area (Å²) < 4.78 is 0. The molecule has 0 aliphatic rings. The zero-order valence-corrected chi connectivity index (χ0v) is 9.23. The van der Waals surface area contributed by atoms with Gasteiger partial charge >= 0.3 is 0 Å². The van der Waals surface area contributed by atoms with Crippen molar-refractivity contribution in [3.63, 3.8) is 0 Å². The fraction of sp³-hybridized carbons (Fsp3) is 0.400. The van der Waals surface area contributed by atoms with Crippen LogP contribution < -0.4 is 5.30 Å². The molecule has 0 aliphatic carbocycles. The molecule has 0 radical (unpaired) electrons. The van der Waals surface area contributed by atoms with Gasteiger partial charge in [0.15, 0.2) is 0 Å². The molecule has 1 rings (SSSR count). The van der Waals surface area contributed by atoms with Gasteiger partial charge in [-0.1, -0.05) is 45.8 Å². The zero-order chi connectivity index (χ0) is 8.65. The fourth-order valence-electron chi connectivity index (χ4n) is 0.968.